The van der Waals surface area contributed by atoms with Gasteiger partial charge in [-0.25, -0.2) is 4.68 Å². The largest absolute Gasteiger partial charge is 0.309 e. The van der Waals surface area contributed by atoms with Crippen LogP contribution in [-0.2, 0) is 6.54 Å². The van der Waals surface area contributed by atoms with E-state index in [9.17, 15) is 0 Å². The maximum absolute atomic E-state index is 4.71. The molecule has 0 aliphatic carbocycles. The second kappa shape index (κ2) is 5.43. The van der Waals surface area contributed by atoms with Crippen LogP contribution in [0.3, 0.4) is 0 Å². The minimum atomic E-state index is 0.441. The molecule has 3 aromatic rings. The third-order valence-corrected chi connectivity index (χ3v) is 3.19. The maximum Gasteiger partial charge on any atom is 0.0758 e. The third-order valence-electron chi connectivity index (χ3n) is 3.19. The second-order valence-electron chi connectivity index (χ2n) is 5.14. The number of hydrogen-bond acceptors (Lipinski definition) is 3. The van der Waals surface area contributed by atoms with Crippen molar-refractivity contribution < 1.29 is 0 Å². The van der Waals surface area contributed by atoms with Crippen molar-refractivity contribution in [2.75, 3.05) is 0 Å². The average Bonchev–Trinajstić information content (AvgIpc) is 2.98. The summed E-state index contributed by atoms with van der Waals surface area (Å²) < 4.78 is 1.89. The van der Waals surface area contributed by atoms with E-state index in [1.807, 2.05) is 35.1 Å². The lowest BCUT2D eigenvalue weighted by Gasteiger charge is -2.12. The van der Waals surface area contributed by atoms with E-state index in [4.69, 9.17) is 4.98 Å². The molecule has 0 spiro atoms. The van der Waals surface area contributed by atoms with Crippen LogP contribution in [0.25, 0.3) is 16.6 Å². The van der Waals surface area contributed by atoms with Crippen molar-refractivity contribution in [2.45, 2.75) is 26.4 Å². The highest BCUT2D eigenvalue weighted by atomic mass is 15.3. The molecular weight excluding hydrogens is 248 g/mol. The first-order chi connectivity index (χ1) is 9.74. The molecule has 3 rings (SSSR count). The number of aromatic nitrogens is 3. The first kappa shape index (κ1) is 12.8. The zero-order valence-corrected chi connectivity index (χ0v) is 11.7. The van der Waals surface area contributed by atoms with E-state index in [0.717, 1.165) is 28.8 Å². The molecule has 0 atom stereocenters. The van der Waals surface area contributed by atoms with Gasteiger partial charge in [0, 0.05) is 30.4 Å². The number of fused-ring (bicyclic) bond motifs is 1. The molecule has 4 heteroatoms. The van der Waals surface area contributed by atoms with E-state index in [2.05, 4.69) is 36.4 Å². The van der Waals surface area contributed by atoms with Crippen LogP contribution in [0.1, 0.15) is 19.5 Å². The number of nitrogens with one attached hydrogen (secondary N) is 1. The Labute approximate surface area is 118 Å². The number of para-hydroxylation sites is 1. The van der Waals surface area contributed by atoms with Crippen LogP contribution < -0.4 is 5.32 Å². The van der Waals surface area contributed by atoms with Gasteiger partial charge in [0.05, 0.1) is 16.9 Å². The summed E-state index contributed by atoms with van der Waals surface area (Å²) >= 11 is 0. The Kier molecular flexibility index (Phi) is 3.48. The van der Waals surface area contributed by atoms with Gasteiger partial charge in [-0.05, 0) is 18.2 Å². The van der Waals surface area contributed by atoms with Gasteiger partial charge in [0.15, 0.2) is 0 Å². The second-order valence-corrected chi connectivity index (χ2v) is 5.14. The SMILES string of the molecule is CC(C)NCc1cc(-n2cccn2)c2ccccc2n1. The number of hydrogen-bond donors (Lipinski definition) is 1. The summed E-state index contributed by atoms with van der Waals surface area (Å²) in [6.07, 6.45) is 3.75. The molecule has 0 aliphatic heterocycles. The molecular formula is C16H18N4. The predicted molar refractivity (Wildman–Crippen MR) is 80.8 cm³/mol. The van der Waals surface area contributed by atoms with Gasteiger partial charge in [0.1, 0.15) is 0 Å². The third kappa shape index (κ3) is 2.56. The van der Waals surface area contributed by atoms with Gasteiger partial charge in [-0.1, -0.05) is 32.0 Å². The van der Waals surface area contributed by atoms with Crippen LogP contribution >= 0.6 is 0 Å². The van der Waals surface area contributed by atoms with Gasteiger partial charge in [0.25, 0.3) is 0 Å². The standard InChI is InChI=1S/C16H18N4/c1-12(2)17-11-13-10-16(20-9-5-8-18-20)14-6-3-4-7-15(14)19-13/h3-10,12,17H,11H2,1-2H3. The van der Waals surface area contributed by atoms with Crippen LogP contribution in [0.4, 0.5) is 0 Å². The molecule has 0 saturated heterocycles. The summed E-state index contributed by atoms with van der Waals surface area (Å²) in [4.78, 5) is 4.71. The van der Waals surface area contributed by atoms with Gasteiger partial charge in [-0.15, -0.1) is 0 Å². The molecule has 2 aromatic heterocycles. The summed E-state index contributed by atoms with van der Waals surface area (Å²) in [5.74, 6) is 0. The summed E-state index contributed by atoms with van der Waals surface area (Å²) in [5, 5.41) is 8.86. The fourth-order valence-corrected chi connectivity index (χ4v) is 2.21. The first-order valence-electron chi connectivity index (χ1n) is 6.86. The van der Waals surface area contributed by atoms with Crippen molar-refractivity contribution >= 4 is 10.9 Å². The quantitative estimate of drug-likeness (QED) is 0.789. The summed E-state index contributed by atoms with van der Waals surface area (Å²) in [6, 6.07) is 12.6. The molecule has 1 aromatic carbocycles. The molecule has 1 N–H and O–H groups in total. The van der Waals surface area contributed by atoms with Crippen LogP contribution in [0.5, 0.6) is 0 Å². The van der Waals surface area contributed by atoms with Gasteiger partial charge in [-0.2, -0.15) is 5.10 Å². The van der Waals surface area contributed by atoms with Gasteiger partial charge < -0.3 is 5.32 Å². The van der Waals surface area contributed by atoms with E-state index < -0.39 is 0 Å². The van der Waals surface area contributed by atoms with E-state index in [1.165, 1.54) is 0 Å². The van der Waals surface area contributed by atoms with Crippen molar-refractivity contribution in [3.8, 4) is 5.69 Å². The molecule has 2 heterocycles. The van der Waals surface area contributed by atoms with Crippen LogP contribution in [0, 0.1) is 0 Å². The van der Waals surface area contributed by atoms with Crippen LogP contribution in [-0.4, -0.2) is 20.8 Å². The Morgan fingerprint density at radius 1 is 1.20 bits per heavy atom. The van der Waals surface area contributed by atoms with Gasteiger partial charge >= 0.3 is 0 Å². The molecule has 0 aliphatic rings. The predicted octanol–water partition coefficient (Wildman–Crippen LogP) is 2.92. The Morgan fingerprint density at radius 2 is 2.05 bits per heavy atom. The summed E-state index contributed by atoms with van der Waals surface area (Å²) in [6.45, 7) is 5.03. The Balaban J connectivity index is 2.10. The van der Waals surface area contributed by atoms with Crippen LogP contribution in [0.15, 0.2) is 48.8 Å². The summed E-state index contributed by atoms with van der Waals surface area (Å²) in [5.41, 5.74) is 3.10. The highest BCUT2D eigenvalue weighted by Gasteiger charge is 2.07. The molecule has 0 radical (unpaired) electrons. The van der Waals surface area contributed by atoms with Crippen LogP contribution in [0.2, 0.25) is 0 Å². The zero-order chi connectivity index (χ0) is 13.9. The fraction of sp³-hybridized carbons (Fsp3) is 0.250. The number of benzene rings is 1. The minimum absolute atomic E-state index is 0.441. The van der Waals surface area contributed by atoms with Crippen molar-refractivity contribution in [1.82, 2.24) is 20.1 Å². The van der Waals surface area contributed by atoms with E-state index in [-0.39, 0.29) is 0 Å². The molecule has 4 nitrogen and oxygen atoms in total. The van der Waals surface area contributed by atoms with Crippen molar-refractivity contribution in [2.24, 2.45) is 0 Å². The lowest BCUT2D eigenvalue weighted by atomic mass is 10.1. The first-order valence-corrected chi connectivity index (χ1v) is 6.86. The summed E-state index contributed by atoms with van der Waals surface area (Å²) in [7, 11) is 0. The molecule has 0 fully saturated rings. The Bertz CT molecular complexity index is 702. The molecule has 0 amide bonds. The maximum atomic E-state index is 4.71. The zero-order valence-electron chi connectivity index (χ0n) is 11.7. The lowest BCUT2D eigenvalue weighted by Crippen LogP contribution is -2.22. The van der Waals surface area contributed by atoms with Gasteiger partial charge in [0.2, 0.25) is 0 Å². The molecule has 0 bridgehead atoms. The topological polar surface area (TPSA) is 42.7 Å². The van der Waals surface area contributed by atoms with E-state index >= 15 is 0 Å². The molecule has 0 unspecified atom stereocenters. The molecule has 102 valence electrons. The monoisotopic (exact) mass is 266 g/mol. The van der Waals surface area contributed by atoms with Crippen molar-refractivity contribution in [3.63, 3.8) is 0 Å². The van der Waals surface area contributed by atoms with Crippen molar-refractivity contribution in [1.29, 1.82) is 0 Å². The minimum Gasteiger partial charge on any atom is -0.309 e. The normalized spacial score (nSPS) is 11.3. The molecule has 20 heavy (non-hydrogen) atoms. The van der Waals surface area contributed by atoms with E-state index in [1.54, 1.807) is 6.20 Å². The highest BCUT2D eigenvalue weighted by Crippen LogP contribution is 2.21. The average molecular weight is 266 g/mol. The highest BCUT2D eigenvalue weighted by molar-refractivity contribution is 5.87. The van der Waals surface area contributed by atoms with E-state index in [0.29, 0.717) is 6.04 Å². The molecule has 0 saturated carbocycles. The van der Waals surface area contributed by atoms with Gasteiger partial charge in [-0.3, -0.25) is 4.98 Å². The number of pyridine rings is 1. The number of nitrogens with zero attached hydrogens (tertiary/aromatic N) is 3. The Hall–Kier alpha value is -2.20. The smallest absolute Gasteiger partial charge is 0.0758 e. The number of rotatable bonds is 4. The fourth-order valence-electron chi connectivity index (χ4n) is 2.21. The Morgan fingerprint density at radius 3 is 2.80 bits per heavy atom. The van der Waals surface area contributed by atoms with Crippen molar-refractivity contribution in [3.05, 3.63) is 54.5 Å². The lowest BCUT2D eigenvalue weighted by molar-refractivity contribution is 0.582.